The minimum Gasteiger partial charge on any atom is -0.393 e. The second kappa shape index (κ2) is 32.2. The van der Waals surface area contributed by atoms with Crippen LogP contribution < -0.4 is 0 Å². The van der Waals surface area contributed by atoms with Gasteiger partial charge in [0.05, 0.1) is 129 Å². The minimum absolute atomic E-state index is 0. The topological polar surface area (TPSA) is 229 Å². The molecular weight excluding hydrogens is 1580 g/mol. The summed E-state index contributed by atoms with van der Waals surface area (Å²) >= 11 is 0. The molecule has 0 amide bonds. The zero-order valence-electron chi connectivity index (χ0n) is 76.4. The number of hydrogen-bond acceptors (Lipinski definition) is 20. The average Bonchev–Trinajstić information content (AvgIpc) is 1.61. The first-order valence-corrected chi connectivity index (χ1v) is 49.3. The van der Waals surface area contributed by atoms with Crippen LogP contribution in [-0.2, 0) is 75.8 Å². The van der Waals surface area contributed by atoms with Gasteiger partial charge < -0.3 is 96.2 Å². The van der Waals surface area contributed by atoms with E-state index in [1.165, 1.54) is 22.3 Å². The van der Waals surface area contributed by atoms with Crippen molar-refractivity contribution in [3.8, 4) is 0 Å². The van der Waals surface area contributed by atoms with Gasteiger partial charge in [0.15, 0.2) is 46.3 Å². The second-order valence-corrected chi connectivity index (χ2v) is 47.4. The number of rotatable bonds is 3. The van der Waals surface area contributed by atoms with Gasteiger partial charge in [0.1, 0.15) is 0 Å². The Morgan fingerprint density at radius 2 is 0.624 bits per heavy atom. The van der Waals surface area contributed by atoms with E-state index < -0.39 is 63.1 Å². The van der Waals surface area contributed by atoms with Crippen LogP contribution in [0.25, 0.3) is 0 Å². The Labute approximate surface area is 752 Å². The molecule has 16 aliphatic carbocycles. The molecule has 24 atom stereocenters. The third-order valence-corrected chi connectivity index (χ3v) is 41.3. The Morgan fingerprint density at radius 1 is 0.336 bits per heavy atom. The van der Waals surface area contributed by atoms with Gasteiger partial charge in [-0.1, -0.05) is 172 Å². The van der Waals surface area contributed by atoms with E-state index in [0.717, 1.165) is 199 Å². The summed E-state index contributed by atoms with van der Waals surface area (Å²) in [6.07, 6.45) is 39.7. The van der Waals surface area contributed by atoms with Crippen LogP contribution >= 0.6 is 0 Å². The SMILES string of the molecule is C.C.C.C.CC(C)(C)[C@]1(O)C[C@@]2(C)[C@@H](CCC23OCCO3)[C@@H]2CC=C3CC4(CC[C@]3(C)[C@H]21)OCCO4.CCCC[C@]1(O)C[C@@]2(C)[C@@H](CCC23OCCO3)[C@@H]2CC=C3CC4(CC[C@]3(C)[C@H]21)OCCO4.C[C@]1(O)C[C@@]2(C)[C@@H](CCC23OCCO3)[C@@H]2CC=C3CC4(CC[C@]3(C)[C@H]21)OCCO4.C[C@]12CCC3(CC1=CC[C@@H]1[C@@H]2[C@@H](O)C[C@@]2(C)[C@H]1CCC21OCCO1)OCCO3. The van der Waals surface area contributed by atoms with Gasteiger partial charge in [0.25, 0.3) is 0 Å². The molecule has 24 rings (SSSR count). The first-order valence-electron chi connectivity index (χ1n) is 49.3. The summed E-state index contributed by atoms with van der Waals surface area (Å²) in [6, 6.07) is 0. The zero-order chi connectivity index (χ0) is 84.2. The molecule has 0 aromatic heterocycles. The Morgan fingerprint density at radius 3 is 0.992 bits per heavy atom. The molecule has 20 fully saturated rings. The number of unbranched alkanes of at least 4 members (excludes halogenated alkanes) is 1. The monoisotopic (exact) mass is 1750 g/mol. The summed E-state index contributed by atoms with van der Waals surface area (Å²) < 4.78 is 99.1. The van der Waals surface area contributed by atoms with Gasteiger partial charge in [0.2, 0.25) is 0 Å². The van der Waals surface area contributed by atoms with Crippen LogP contribution in [0.1, 0.15) is 319 Å². The normalized spacial score (nSPS) is 48.5. The maximum atomic E-state index is 12.8. The van der Waals surface area contributed by atoms with E-state index in [-0.39, 0.29) is 102 Å². The van der Waals surface area contributed by atoms with Crippen molar-refractivity contribution in [1.29, 1.82) is 0 Å². The summed E-state index contributed by atoms with van der Waals surface area (Å²) in [5.41, 5.74) is 2.95. The van der Waals surface area contributed by atoms with Crippen LogP contribution in [0.4, 0.5) is 0 Å². The van der Waals surface area contributed by atoms with Gasteiger partial charge in [0, 0.05) is 111 Å². The average molecular weight is 1750 g/mol. The molecule has 24 aliphatic rings. The molecule has 125 heavy (non-hydrogen) atoms. The predicted molar refractivity (Wildman–Crippen MR) is 478 cm³/mol. The van der Waals surface area contributed by atoms with Crippen LogP contribution in [0.5, 0.6) is 0 Å². The number of hydrogen-bond donors (Lipinski definition) is 4. The van der Waals surface area contributed by atoms with Crippen molar-refractivity contribution in [2.45, 2.75) is 388 Å². The van der Waals surface area contributed by atoms with Crippen molar-refractivity contribution in [3.05, 3.63) is 46.6 Å². The molecule has 4 N–H and O–H groups in total. The Hall–Kier alpha value is -1.84. The lowest BCUT2D eigenvalue weighted by molar-refractivity contribution is -0.295. The van der Waals surface area contributed by atoms with E-state index in [4.69, 9.17) is 75.8 Å². The molecule has 8 saturated heterocycles. The molecular formula is C105H170O20. The summed E-state index contributed by atoms with van der Waals surface area (Å²) in [4.78, 5) is 0. The third-order valence-electron chi connectivity index (χ3n) is 41.3. The van der Waals surface area contributed by atoms with Gasteiger partial charge in [-0.15, -0.1) is 0 Å². The molecule has 0 unspecified atom stereocenters. The largest absolute Gasteiger partial charge is 0.393 e. The van der Waals surface area contributed by atoms with Gasteiger partial charge >= 0.3 is 0 Å². The summed E-state index contributed by atoms with van der Waals surface area (Å²) in [5.74, 6) is 1.56. The minimum atomic E-state index is -0.800. The lowest BCUT2D eigenvalue weighted by Gasteiger charge is -2.67. The van der Waals surface area contributed by atoms with Crippen molar-refractivity contribution in [2.24, 2.45) is 120 Å². The van der Waals surface area contributed by atoms with Gasteiger partial charge in [-0.25, -0.2) is 0 Å². The van der Waals surface area contributed by atoms with E-state index in [1.807, 2.05) is 0 Å². The van der Waals surface area contributed by atoms with Crippen LogP contribution in [0.3, 0.4) is 0 Å². The van der Waals surface area contributed by atoms with Gasteiger partial charge in [-0.05, 0) is 202 Å². The number of aliphatic hydroxyl groups is 4. The van der Waals surface area contributed by atoms with Crippen molar-refractivity contribution in [3.63, 3.8) is 0 Å². The Kier molecular flexibility index (Phi) is 24.4. The summed E-state index contributed by atoms with van der Waals surface area (Å²) in [6.45, 7) is 41.2. The highest BCUT2D eigenvalue weighted by atomic mass is 16.8. The standard InChI is InChI=1S/2C27H42O5.C24H36O5.C23H34O5.4CH4/c1-22(2,3)26(28)17-24(5)20(8-9-27(24)31-14-15-32-27)19-7-6-18-16-25(29-12-13-30-25)11-10-23(18,4)21(19)26;1-4-5-9-25(28)18-24(3)21(8-10-27(24)31-15-16-32-27)20-7-6-19-17-26(29-13-14-30-26)12-11-23(19,2)22(20)25;1-20-8-9-23(26-10-11-27-23)14-16(20)4-5-17-18-6-7-24(28-12-13-29-24)21(18,2)15-22(3,25)19(17)20;1-20-7-8-22(25-9-10-26-22)13-15(20)3-4-16-17-5-6-23(27-11-12-28-23)21(17,2)14-18(24)19(16)20;;;;/h6,19-21,28H,7-17H2,1-5H3;6,20-22,28H,4-5,7-18H2,1-3H3;4,17-19,25H,5-15H2,1-3H3;3,16-19,24H,4-14H2,1-2H3;4*1H4/t19-,20-,21-,23-,24-,26-;20-,21-,22-,23-,24-,25-;17-,18-,19-,20-,21-,22-;16-,17-,18-,19+,20-,21-;;;;/m0000..../s1. The second-order valence-electron chi connectivity index (χ2n) is 47.4. The van der Waals surface area contributed by atoms with Crippen molar-refractivity contribution in [1.82, 2.24) is 0 Å². The van der Waals surface area contributed by atoms with E-state index in [1.54, 1.807) is 0 Å². The first-order chi connectivity index (χ1) is 57.4. The van der Waals surface area contributed by atoms with E-state index >= 15 is 0 Å². The summed E-state index contributed by atoms with van der Waals surface area (Å²) in [7, 11) is 0. The highest BCUT2D eigenvalue weighted by Crippen LogP contribution is 2.78. The lowest BCUT2D eigenvalue weighted by atomic mass is 9.40. The Bertz CT molecular complexity index is 4040. The number of allylic oxidation sites excluding steroid dienone is 4. The fourth-order valence-corrected chi connectivity index (χ4v) is 36.1. The first kappa shape index (κ1) is 94.9. The van der Waals surface area contributed by atoms with E-state index in [0.29, 0.717) is 159 Å². The molecule has 0 radical (unpaired) electrons. The molecule has 0 aromatic carbocycles. The van der Waals surface area contributed by atoms with Crippen molar-refractivity contribution < 1.29 is 96.2 Å². The van der Waals surface area contributed by atoms with Crippen LogP contribution in [0, 0.1) is 120 Å². The fraction of sp³-hybridized carbons (Fsp3) is 0.924. The highest BCUT2D eigenvalue weighted by molar-refractivity contribution is 5.36. The van der Waals surface area contributed by atoms with Crippen LogP contribution in [-0.4, -0.2) is 195 Å². The Balaban J connectivity index is 0.000000117. The molecule has 0 aromatic rings. The quantitative estimate of drug-likeness (QED) is 0.193. The maximum Gasteiger partial charge on any atom is 0.174 e. The van der Waals surface area contributed by atoms with Gasteiger partial charge in [-0.3, -0.25) is 0 Å². The molecule has 20 heteroatoms. The molecule has 8 heterocycles. The van der Waals surface area contributed by atoms with E-state index in [2.05, 4.69) is 114 Å². The highest BCUT2D eigenvalue weighted by Gasteiger charge is 2.78. The maximum absolute atomic E-state index is 12.8. The number of fused-ring (bicyclic) bond motifs is 24. The van der Waals surface area contributed by atoms with E-state index in [9.17, 15) is 20.4 Å². The summed E-state index contributed by atoms with van der Waals surface area (Å²) in [5, 5.41) is 48.9. The van der Waals surface area contributed by atoms with Crippen LogP contribution in [0.2, 0.25) is 0 Å². The molecule has 12 saturated carbocycles. The molecule has 8 aliphatic heterocycles. The fourth-order valence-electron chi connectivity index (χ4n) is 36.1. The number of aliphatic hydroxyl groups excluding tert-OH is 1. The molecule has 710 valence electrons. The molecule has 0 bridgehead atoms. The lowest BCUT2D eigenvalue weighted by Crippen LogP contribution is -2.69. The molecule has 8 spiro atoms. The van der Waals surface area contributed by atoms with Crippen molar-refractivity contribution >= 4 is 0 Å². The third kappa shape index (κ3) is 13.5. The molecule has 20 nitrogen and oxygen atoms in total. The smallest absolute Gasteiger partial charge is 0.174 e. The van der Waals surface area contributed by atoms with Gasteiger partial charge in [-0.2, -0.15) is 0 Å². The number of ether oxygens (including phenoxy) is 16. The van der Waals surface area contributed by atoms with Crippen LogP contribution in [0.15, 0.2) is 46.6 Å². The zero-order valence-corrected chi connectivity index (χ0v) is 76.4. The van der Waals surface area contributed by atoms with Crippen molar-refractivity contribution in [2.75, 3.05) is 106 Å². The predicted octanol–water partition coefficient (Wildman–Crippen LogP) is 19.5.